The molecule has 2 heterocycles. The van der Waals surface area contributed by atoms with Gasteiger partial charge in [-0.25, -0.2) is 0 Å². The molecule has 1 aromatic heterocycles. The number of ether oxygens (including phenoxy) is 1. The molecule has 7 nitrogen and oxygen atoms in total. The molecule has 0 radical (unpaired) electrons. The van der Waals surface area contributed by atoms with Gasteiger partial charge in [-0.05, 0) is 43.9 Å². The van der Waals surface area contributed by atoms with Crippen LogP contribution in [0.15, 0.2) is 24.3 Å². The monoisotopic (exact) mass is 368 g/mol. The number of morpholine rings is 1. The van der Waals surface area contributed by atoms with Crippen LogP contribution in [0.1, 0.15) is 44.9 Å². The van der Waals surface area contributed by atoms with Crippen molar-refractivity contribution in [2.24, 2.45) is 7.05 Å². The van der Waals surface area contributed by atoms with Gasteiger partial charge in [-0.15, -0.1) is 0 Å². The second-order valence-electron chi connectivity index (χ2n) is 7.04. The molecular formula is C20H24N4O3. The summed E-state index contributed by atoms with van der Waals surface area (Å²) in [4.78, 5) is 27.3. The second-order valence-corrected chi connectivity index (χ2v) is 7.04. The first-order valence-corrected chi connectivity index (χ1v) is 9.46. The summed E-state index contributed by atoms with van der Waals surface area (Å²) in [5.41, 5.74) is 3.90. The van der Waals surface area contributed by atoms with Crippen molar-refractivity contribution in [3.05, 3.63) is 46.8 Å². The third kappa shape index (κ3) is 3.60. The van der Waals surface area contributed by atoms with Gasteiger partial charge in [-0.1, -0.05) is 6.07 Å². The predicted molar refractivity (Wildman–Crippen MR) is 101 cm³/mol. The first-order valence-electron chi connectivity index (χ1n) is 9.46. The van der Waals surface area contributed by atoms with Gasteiger partial charge in [-0.3, -0.25) is 14.3 Å². The van der Waals surface area contributed by atoms with Crippen molar-refractivity contribution in [2.75, 3.05) is 31.6 Å². The van der Waals surface area contributed by atoms with Crippen molar-refractivity contribution in [3.63, 3.8) is 0 Å². The summed E-state index contributed by atoms with van der Waals surface area (Å²) in [7, 11) is 1.81. The number of rotatable bonds is 3. The molecule has 1 aliphatic carbocycles. The van der Waals surface area contributed by atoms with Crippen LogP contribution in [0, 0.1) is 0 Å². The molecule has 4 rings (SSSR count). The highest BCUT2D eigenvalue weighted by molar-refractivity contribution is 6.05. The van der Waals surface area contributed by atoms with Gasteiger partial charge in [0.05, 0.1) is 18.9 Å². The summed E-state index contributed by atoms with van der Waals surface area (Å²) >= 11 is 0. The molecule has 2 aromatic rings. The molecule has 1 saturated heterocycles. The quantitative estimate of drug-likeness (QED) is 0.899. The van der Waals surface area contributed by atoms with Crippen LogP contribution in [0.3, 0.4) is 0 Å². The van der Waals surface area contributed by atoms with Crippen LogP contribution < -0.4 is 5.32 Å². The van der Waals surface area contributed by atoms with Crippen LogP contribution in [-0.4, -0.2) is 52.8 Å². The number of anilines is 1. The minimum Gasteiger partial charge on any atom is -0.378 e. The summed E-state index contributed by atoms with van der Waals surface area (Å²) in [6.45, 7) is 2.31. The standard InChI is InChI=1S/C20H24N4O3/c1-23-18(16-7-2-3-8-17(16)22-23)19(25)21-15-6-4-5-14(13-15)20(26)24-9-11-27-12-10-24/h4-6,13H,2-3,7-12H2,1H3,(H,21,25). The van der Waals surface area contributed by atoms with E-state index in [0.717, 1.165) is 36.9 Å². The average Bonchev–Trinajstić information content (AvgIpc) is 3.04. The lowest BCUT2D eigenvalue weighted by Gasteiger charge is -2.27. The molecule has 7 heteroatoms. The zero-order valence-corrected chi connectivity index (χ0v) is 15.5. The Morgan fingerprint density at radius 3 is 2.74 bits per heavy atom. The van der Waals surface area contributed by atoms with Gasteiger partial charge < -0.3 is 15.0 Å². The van der Waals surface area contributed by atoms with E-state index in [0.29, 0.717) is 43.2 Å². The average molecular weight is 368 g/mol. The van der Waals surface area contributed by atoms with Crippen LogP contribution in [0.2, 0.25) is 0 Å². The number of carbonyl (C=O) groups excluding carboxylic acids is 2. The Balaban J connectivity index is 1.52. The predicted octanol–water partition coefficient (Wildman–Crippen LogP) is 2.02. The Kier molecular flexibility index (Phi) is 4.94. The van der Waals surface area contributed by atoms with E-state index in [1.807, 2.05) is 7.05 Å². The molecule has 0 atom stereocenters. The fourth-order valence-electron chi connectivity index (χ4n) is 3.83. The fourth-order valence-corrected chi connectivity index (χ4v) is 3.83. The van der Waals surface area contributed by atoms with Crippen LogP contribution >= 0.6 is 0 Å². The fraction of sp³-hybridized carbons (Fsp3) is 0.450. The van der Waals surface area contributed by atoms with Gasteiger partial charge >= 0.3 is 0 Å². The van der Waals surface area contributed by atoms with Crippen molar-refractivity contribution in [1.82, 2.24) is 14.7 Å². The molecule has 0 bridgehead atoms. The zero-order valence-electron chi connectivity index (χ0n) is 15.5. The lowest BCUT2D eigenvalue weighted by Crippen LogP contribution is -2.40. The molecule has 1 aromatic carbocycles. The number of carbonyl (C=O) groups is 2. The topological polar surface area (TPSA) is 76.5 Å². The van der Waals surface area contributed by atoms with Gasteiger partial charge in [0.15, 0.2) is 0 Å². The number of nitrogens with one attached hydrogen (secondary N) is 1. The summed E-state index contributed by atoms with van der Waals surface area (Å²) in [5.74, 6) is -0.212. The molecule has 0 saturated carbocycles. The first kappa shape index (κ1) is 17.7. The number of nitrogens with zero attached hydrogens (tertiary/aromatic N) is 3. The molecule has 0 unspecified atom stereocenters. The minimum absolute atomic E-state index is 0.0349. The smallest absolute Gasteiger partial charge is 0.274 e. The number of hydrogen-bond donors (Lipinski definition) is 1. The van der Waals surface area contributed by atoms with E-state index in [4.69, 9.17) is 4.74 Å². The zero-order chi connectivity index (χ0) is 18.8. The maximum atomic E-state index is 12.9. The van der Waals surface area contributed by atoms with Crippen molar-refractivity contribution < 1.29 is 14.3 Å². The van der Waals surface area contributed by atoms with E-state index >= 15 is 0 Å². The molecule has 27 heavy (non-hydrogen) atoms. The van der Waals surface area contributed by atoms with Crippen molar-refractivity contribution in [2.45, 2.75) is 25.7 Å². The van der Waals surface area contributed by atoms with Gasteiger partial charge in [0.1, 0.15) is 5.69 Å². The summed E-state index contributed by atoms with van der Waals surface area (Å²) < 4.78 is 6.98. The van der Waals surface area contributed by atoms with E-state index in [9.17, 15) is 9.59 Å². The highest BCUT2D eigenvalue weighted by Crippen LogP contribution is 2.24. The molecular weight excluding hydrogens is 344 g/mol. The lowest BCUT2D eigenvalue weighted by molar-refractivity contribution is 0.0303. The minimum atomic E-state index is -0.177. The molecule has 142 valence electrons. The van der Waals surface area contributed by atoms with Crippen LogP contribution in [0.4, 0.5) is 5.69 Å². The maximum absolute atomic E-state index is 12.9. The molecule has 1 fully saturated rings. The Morgan fingerprint density at radius 2 is 1.93 bits per heavy atom. The highest BCUT2D eigenvalue weighted by atomic mass is 16.5. The molecule has 1 aliphatic heterocycles. The van der Waals surface area contributed by atoms with Gasteiger partial charge in [0.2, 0.25) is 0 Å². The van der Waals surface area contributed by atoms with Crippen LogP contribution in [-0.2, 0) is 24.6 Å². The number of hydrogen-bond acceptors (Lipinski definition) is 4. The number of amides is 2. The van der Waals surface area contributed by atoms with E-state index in [2.05, 4.69) is 10.4 Å². The highest BCUT2D eigenvalue weighted by Gasteiger charge is 2.24. The van der Waals surface area contributed by atoms with Gasteiger partial charge in [-0.2, -0.15) is 5.10 Å². The summed E-state index contributed by atoms with van der Waals surface area (Å²) in [5, 5.41) is 7.44. The van der Waals surface area contributed by atoms with E-state index in [1.165, 1.54) is 0 Å². The van der Waals surface area contributed by atoms with Crippen LogP contribution in [0.5, 0.6) is 0 Å². The Labute approximate surface area is 158 Å². The maximum Gasteiger partial charge on any atom is 0.274 e. The third-order valence-electron chi connectivity index (χ3n) is 5.20. The van der Waals surface area contributed by atoms with Crippen molar-refractivity contribution in [1.29, 1.82) is 0 Å². The van der Waals surface area contributed by atoms with Gasteiger partial charge in [0.25, 0.3) is 11.8 Å². The number of aryl methyl sites for hydroxylation is 2. The van der Waals surface area contributed by atoms with Gasteiger partial charge in [0, 0.05) is 37.0 Å². The largest absolute Gasteiger partial charge is 0.378 e. The molecule has 2 aliphatic rings. The molecule has 0 spiro atoms. The molecule has 2 amide bonds. The Hall–Kier alpha value is -2.67. The van der Waals surface area contributed by atoms with Crippen molar-refractivity contribution in [3.8, 4) is 0 Å². The first-order chi connectivity index (χ1) is 13.1. The summed E-state index contributed by atoms with van der Waals surface area (Å²) in [6.07, 6.45) is 4.03. The Morgan fingerprint density at radius 1 is 1.15 bits per heavy atom. The van der Waals surface area contributed by atoms with Crippen molar-refractivity contribution >= 4 is 17.5 Å². The van der Waals surface area contributed by atoms with E-state index in [1.54, 1.807) is 33.8 Å². The molecule has 1 N–H and O–H groups in total. The third-order valence-corrected chi connectivity index (χ3v) is 5.20. The normalized spacial score (nSPS) is 16.7. The number of benzene rings is 1. The summed E-state index contributed by atoms with van der Waals surface area (Å²) in [6, 6.07) is 7.11. The van der Waals surface area contributed by atoms with Crippen LogP contribution in [0.25, 0.3) is 0 Å². The number of fused-ring (bicyclic) bond motifs is 1. The lowest BCUT2D eigenvalue weighted by atomic mass is 9.95. The SMILES string of the molecule is Cn1nc2c(c1C(=O)Nc1cccc(C(=O)N3CCOCC3)c1)CCCC2. The second kappa shape index (κ2) is 7.52. The van der Waals surface area contributed by atoms with E-state index < -0.39 is 0 Å². The Bertz CT molecular complexity index is 868. The number of aromatic nitrogens is 2. The van der Waals surface area contributed by atoms with E-state index in [-0.39, 0.29) is 11.8 Å².